The maximum absolute atomic E-state index is 12.5. The Labute approximate surface area is 147 Å². The van der Waals surface area contributed by atoms with Crippen LogP contribution in [0.1, 0.15) is 5.56 Å². The third-order valence-corrected chi connectivity index (χ3v) is 3.75. The van der Waals surface area contributed by atoms with Gasteiger partial charge in [-0.15, -0.1) is 0 Å². The van der Waals surface area contributed by atoms with Gasteiger partial charge >= 0.3 is 5.97 Å². The highest BCUT2D eigenvalue weighted by Crippen LogP contribution is 2.15. The molecule has 0 bridgehead atoms. The number of carbonyl (C=O) groups is 2. The van der Waals surface area contributed by atoms with E-state index in [1.54, 1.807) is 36.1 Å². The van der Waals surface area contributed by atoms with Gasteiger partial charge in [0.2, 0.25) is 5.91 Å². The predicted molar refractivity (Wildman–Crippen MR) is 95.8 cm³/mol. The summed E-state index contributed by atoms with van der Waals surface area (Å²) < 4.78 is 5.19. The topological polar surface area (TPSA) is 70.1 Å². The third kappa shape index (κ3) is 5.53. The molecule has 0 radical (unpaired) electrons. The Kier molecular flexibility index (Phi) is 6.39. The first-order valence-corrected chi connectivity index (χ1v) is 7.88. The monoisotopic (exact) mass is 342 g/mol. The van der Waals surface area contributed by atoms with Gasteiger partial charge in [-0.2, -0.15) is 0 Å². The second-order valence-corrected chi connectivity index (χ2v) is 5.69. The number of amides is 1. The Hall–Kier alpha value is -3.02. The summed E-state index contributed by atoms with van der Waals surface area (Å²) in [5.41, 5.74) is 1.65. The smallest absolute Gasteiger partial charge is 0.323 e. The number of nitrogens with zero attached hydrogens (tertiary/aromatic N) is 2. The van der Waals surface area contributed by atoms with Crippen molar-refractivity contribution in [1.82, 2.24) is 4.90 Å². The molecule has 2 aromatic carbocycles. The first-order valence-electron chi connectivity index (χ1n) is 7.88. The van der Waals surface area contributed by atoms with Gasteiger partial charge in [0.05, 0.1) is 13.7 Å². The fraction of sp³-hybridized carbons (Fsp3) is 0.263. The maximum Gasteiger partial charge on any atom is 0.323 e. The van der Waals surface area contributed by atoms with Gasteiger partial charge in [0.15, 0.2) is 0 Å². The number of carboxylic acids is 1. The molecule has 0 unspecified atom stereocenters. The molecule has 0 aliphatic rings. The zero-order chi connectivity index (χ0) is 18.2. The van der Waals surface area contributed by atoms with E-state index < -0.39 is 5.97 Å². The molecule has 0 aromatic heterocycles. The highest BCUT2D eigenvalue weighted by Gasteiger charge is 2.17. The SMILES string of the molecule is COc1cccc(CN(C)C(=O)CN(CC(=O)O)c2ccccc2)c1. The molecule has 0 aliphatic heterocycles. The summed E-state index contributed by atoms with van der Waals surface area (Å²) in [6.07, 6.45) is 0. The quantitative estimate of drug-likeness (QED) is 0.797. The third-order valence-electron chi connectivity index (χ3n) is 3.75. The van der Waals surface area contributed by atoms with Gasteiger partial charge in [-0.05, 0) is 29.8 Å². The summed E-state index contributed by atoms with van der Waals surface area (Å²) in [4.78, 5) is 26.8. The molecule has 0 aliphatic carbocycles. The summed E-state index contributed by atoms with van der Waals surface area (Å²) in [5.74, 6) is -0.407. The number of benzene rings is 2. The molecule has 1 N–H and O–H groups in total. The minimum atomic E-state index is -0.980. The lowest BCUT2D eigenvalue weighted by Gasteiger charge is -2.25. The number of carboxylic acid groups (broad SMARTS) is 1. The van der Waals surface area contributed by atoms with Crippen LogP contribution in [0, 0.1) is 0 Å². The van der Waals surface area contributed by atoms with Crippen molar-refractivity contribution in [2.45, 2.75) is 6.54 Å². The van der Waals surface area contributed by atoms with Crippen LogP contribution in [0.5, 0.6) is 5.75 Å². The number of para-hydroxylation sites is 1. The van der Waals surface area contributed by atoms with Crippen LogP contribution in [-0.4, -0.2) is 49.1 Å². The molecular formula is C19H22N2O4. The van der Waals surface area contributed by atoms with E-state index in [-0.39, 0.29) is 19.0 Å². The van der Waals surface area contributed by atoms with Crippen LogP contribution in [-0.2, 0) is 16.1 Å². The van der Waals surface area contributed by atoms with Gasteiger partial charge in [-0.25, -0.2) is 0 Å². The zero-order valence-corrected chi connectivity index (χ0v) is 14.4. The van der Waals surface area contributed by atoms with E-state index in [0.717, 1.165) is 11.3 Å². The average molecular weight is 342 g/mol. The van der Waals surface area contributed by atoms with E-state index in [0.29, 0.717) is 12.2 Å². The van der Waals surface area contributed by atoms with Gasteiger partial charge in [0.25, 0.3) is 0 Å². The Morgan fingerprint density at radius 3 is 2.40 bits per heavy atom. The molecule has 2 rings (SSSR count). The molecule has 6 heteroatoms. The highest BCUT2D eigenvalue weighted by atomic mass is 16.5. The molecule has 0 heterocycles. The van der Waals surface area contributed by atoms with Crippen LogP contribution in [0.2, 0.25) is 0 Å². The summed E-state index contributed by atoms with van der Waals surface area (Å²) in [7, 11) is 3.30. The fourth-order valence-electron chi connectivity index (χ4n) is 2.46. The van der Waals surface area contributed by atoms with Crippen molar-refractivity contribution in [1.29, 1.82) is 0 Å². The van der Waals surface area contributed by atoms with Gasteiger partial charge in [0, 0.05) is 19.3 Å². The van der Waals surface area contributed by atoms with Crippen molar-refractivity contribution in [3.05, 3.63) is 60.2 Å². The molecule has 0 fully saturated rings. The number of hydrogen-bond acceptors (Lipinski definition) is 4. The molecule has 25 heavy (non-hydrogen) atoms. The summed E-state index contributed by atoms with van der Waals surface area (Å²) >= 11 is 0. The number of ether oxygens (including phenoxy) is 1. The summed E-state index contributed by atoms with van der Waals surface area (Å²) in [6.45, 7) is 0.186. The Bertz CT molecular complexity index is 718. The van der Waals surface area contributed by atoms with Gasteiger partial charge in [-0.3, -0.25) is 9.59 Å². The summed E-state index contributed by atoms with van der Waals surface area (Å²) in [6, 6.07) is 16.6. The number of anilines is 1. The number of likely N-dealkylation sites (N-methyl/N-ethyl adjacent to an activating group) is 1. The number of carbonyl (C=O) groups excluding carboxylic acids is 1. The van der Waals surface area contributed by atoms with Crippen molar-refractivity contribution in [2.24, 2.45) is 0 Å². The average Bonchev–Trinajstić information content (AvgIpc) is 2.61. The predicted octanol–water partition coefficient (Wildman–Crippen LogP) is 2.24. The van der Waals surface area contributed by atoms with Crippen molar-refractivity contribution < 1.29 is 19.4 Å². The lowest BCUT2D eigenvalue weighted by atomic mass is 10.2. The van der Waals surface area contributed by atoms with Crippen LogP contribution in [0.15, 0.2) is 54.6 Å². The molecular weight excluding hydrogens is 320 g/mol. The van der Waals surface area contributed by atoms with E-state index in [1.165, 1.54) is 0 Å². The van der Waals surface area contributed by atoms with Crippen LogP contribution >= 0.6 is 0 Å². The number of rotatable bonds is 8. The fourth-order valence-corrected chi connectivity index (χ4v) is 2.46. The number of aliphatic carboxylic acids is 1. The molecule has 132 valence electrons. The van der Waals surface area contributed by atoms with Gasteiger partial charge < -0.3 is 19.6 Å². The molecule has 0 saturated carbocycles. The zero-order valence-electron chi connectivity index (χ0n) is 14.4. The van der Waals surface area contributed by atoms with E-state index >= 15 is 0 Å². The second-order valence-electron chi connectivity index (χ2n) is 5.69. The first kappa shape index (κ1) is 18.3. The van der Waals surface area contributed by atoms with E-state index in [2.05, 4.69) is 0 Å². The van der Waals surface area contributed by atoms with Crippen LogP contribution in [0.3, 0.4) is 0 Å². The molecule has 1 amide bonds. The first-order chi connectivity index (χ1) is 12.0. The number of hydrogen-bond donors (Lipinski definition) is 1. The Morgan fingerprint density at radius 2 is 1.76 bits per heavy atom. The summed E-state index contributed by atoms with van der Waals surface area (Å²) in [5, 5.41) is 9.11. The van der Waals surface area contributed by atoms with Crippen molar-refractivity contribution in [3.8, 4) is 5.75 Å². The largest absolute Gasteiger partial charge is 0.497 e. The standard InChI is InChI=1S/C19H22N2O4/c1-20(12-15-7-6-10-17(11-15)25-2)18(22)13-21(14-19(23)24)16-8-4-3-5-9-16/h3-11H,12-14H2,1-2H3,(H,23,24). The molecule has 0 atom stereocenters. The lowest BCUT2D eigenvalue weighted by molar-refractivity contribution is -0.135. The van der Waals surface area contributed by atoms with Crippen molar-refractivity contribution in [3.63, 3.8) is 0 Å². The van der Waals surface area contributed by atoms with Crippen molar-refractivity contribution in [2.75, 3.05) is 32.1 Å². The molecule has 0 saturated heterocycles. The maximum atomic E-state index is 12.5. The van der Waals surface area contributed by atoms with Gasteiger partial charge in [-0.1, -0.05) is 30.3 Å². The van der Waals surface area contributed by atoms with Crippen molar-refractivity contribution >= 4 is 17.6 Å². The molecule has 2 aromatic rings. The van der Waals surface area contributed by atoms with Crippen LogP contribution < -0.4 is 9.64 Å². The normalized spacial score (nSPS) is 10.2. The molecule has 0 spiro atoms. The second kappa shape index (κ2) is 8.73. The lowest BCUT2D eigenvalue weighted by Crippen LogP contribution is -2.40. The highest BCUT2D eigenvalue weighted by molar-refractivity contribution is 5.84. The van der Waals surface area contributed by atoms with Crippen LogP contribution in [0.25, 0.3) is 0 Å². The van der Waals surface area contributed by atoms with E-state index in [1.807, 2.05) is 42.5 Å². The Morgan fingerprint density at radius 1 is 1.04 bits per heavy atom. The number of methoxy groups -OCH3 is 1. The Balaban J connectivity index is 2.05. The minimum Gasteiger partial charge on any atom is -0.497 e. The van der Waals surface area contributed by atoms with Crippen LogP contribution in [0.4, 0.5) is 5.69 Å². The molecule has 6 nitrogen and oxygen atoms in total. The van der Waals surface area contributed by atoms with Gasteiger partial charge in [0.1, 0.15) is 12.3 Å². The van der Waals surface area contributed by atoms with E-state index in [4.69, 9.17) is 9.84 Å². The van der Waals surface area contributed by atoms with E-state index in [9.17, 15) is 9.59 Å². The minimum absolute atomic E-state index is 0.00319.